The van der Waals surface area contributed by atoms with Gasteiger partial charge in [0.15, 0.2) is 0 Å². The van der Waals surface area contributed by atoms with E-state index in [-0.39, 0.29) is 5.54 Å². The number of nitrogens with zero attached hydrogens (tertiary/aromatic N) is 2. The summed E-state index contributed by atoms with van der Waals surface area (Å²) >= 11 is 6.24. The Kier molecular flexibility index (Phi) is 2.21. The molecule has 1 rings (SSSR count). The molecule has 11 heavy (non-hydrogen) atoms. The van der Waals surface area contributed by atoms with E-state index in [0.29, 0.717) is 0 Å². The fourth-order valence-electron chi connectivity index (χ4n) is 1.06. The summed E-state index contributed by atoms with van der Waals surface area (Å²) in [7, 11) is 0.678. The van der Waals surface area contributed by atoms with E-state index in [1.54, 1.807) is 0 Å². The highest BCUT2D eigenvalue weighted by Gasteiger charge is 2.31. The van der Waals surface area contributed by atoms with Gasteiger partial charge in [0.05, 0.1) is 0 Å². The van der Waals surface area contributed by atoms with Crippen LogP contribution in [0.25, 0.3) is 0 Å². The van der Waals surface area contributed by atoms with E-state index >= 15 is 0 Å². The molecule has 0 fully saturated rings. The van der Waals surface area contributed by atoms with Gasteiger partial charge in [-0.2, -0.15) is 0 Å². The van der Waals surface area contributed by atoms with Crippen LogP contribution in [0.3, 0.4) is 0 Å². The highest BCUT2D eigenvalue weighted by Crippen LogP contribution is 2.23. The molecule has 0 amide bonds. The Balaban J connectivity index is 2.70. The third kappa shape index (κ3) is 1.71. The molecule has 0 saturated heterocycles. The second-order valence-corrected chi connectivity index (χ2v) is 7.02. The van der Waals surface area contributed by atoms with Gasteiger partial charge in [-0.1, -0.05) is 0 Å². The molecule has 2 nitrogen and oxygen atoms in total. The molecule has 1 atom stereocenters. The summed E-state index contributed by atoms with van der Waals surface area (Å²) in [4.78, 5) is 0. The molecule has 0 radical (unpaired) electrons. The topological polar surface area (TPSA) is 6.48 Å². The Hall–Kier alpha value is -0.153. The lowest BCUT2D eigenvalue weighted by atomic mass is 10.1. The van der Waals surface area contributed by atoms with Crippen molar-refractivity contribution in [3.8, 4) is 0 Å². The fraction of sp³-hybridized carbons (Fsp3) is 0.714. The summed E-state index contributed by atoms with van der Waals surface area (Å²) in [6.45, 7) is 6.54. The van der Waals surface area contributed by atoms with Crippen molar-refractivity contribution in [2.75, 3.05) is 7.05 Å². The Morgan fingerprint density at radius 2 is 1.82 bits per heavy atom. The van der Waals surface area contributed by atoms with E-state index < -0.39 is 8.43 Å². The smallest absolute Gasteiger partial charge is 0.348 e. The predicted molar refractivity (Wildman–Crippen MR) is 51.5 cm³/mol. The molecule has 0 N–H and O–H groups in total. The molecule has 1 aliphatic heterocycles. The van der Waals surface area contributed by atoms with Gasteiger partial charge in [0.1, 0.15) is 0 Å². The van der Waals surface area contributed by atoms with Crippen molar-refractivity contribution in [1.82, 2.24) is 9.13 Å². The minimum Gasteiger partial charge on any atom is -0.379 e. The van der Waals surface area contributed by atoms with Crippen LogP contribution < -0.4 is 0 Å². The summed E-state index contributed by atoms with van der Waals surface area (Å²) in [6.07, 6.45) is 4.14. The van der Waals surface area contributed by atoms with Crippen LogP contribution in [0, 0.1) is 0 Å². The average molecular weight is 191 g/mol. The first-order valence-electron chi connectivity index (χ1n) is 3.76. The lowest BCUT2D eigenvalue weighted by Crippen LogP contribution is -2.47. The van der Waals surface area contributed by atoms with Gasteiger partial charge in [-0.15, -0.1) is 11.1 Å². The van der Waals surface area contributed by atoms with Crippen molar-refractivity contribution in [2.24, 2.45) is 0 Å². The molecule has 1 unspecified atom stereocenters. The van der Waals surface area contributed by atoms with Crippen molar-refractivity contribution in [3.63, 3.8) is 0 Å². The molecular weight excluding hydrogens is 176 g/mol. The summed E-state index contributed by atoms with van der Waals surface area (Å²) in [5.74, 6) is 0. The van der Waals surface area contributed by atoms with Gasteiger partial charge in [-0.05, 0) is 27.8 Å². The molecule has 64 valence electrons. The van der Waals surface area contributed by atoms with E-state index in [0.717, 1.165) is 0 Å². The molecule has 0 aromatic rings. The number of hydrogen-bond donors (Lipinski definition) is 0. The zero-order valence-electron chi connectivity index (χ0n) is 7.50. The summed E-state index contributed by atoms with van der Waals surface area (Å²) in [5.41, 5.74) is 0.167. The maximum absolute atomic E-state index is 6.24. The van der Waals surface area contributed by atoms with Gasteiger partial charge in [0, 0.05) is 17.9 Å². The second kappa shape index (κ2) is 2.72. The molecule has 0 spiro atoms. The Morgan fingerprint density at radius 3 is 2.00 bits per heavy atom. The molecule has 0 aliphatic carbocycles. The lowest BCUT2D eigenvalue weighted by molar-refractivity contribution is 0.326. The predicted octanol–water partition coefficient (Wildman–Crippen LogP) is 1.46. The monoisotopic (exact) mass is 190 g/mol. The van der Waals surface area contributed by atoms with Gasteiger partial charge < -0.3 is 9.13 Å². The Morgan fingerprint density at radius 1 is 1.27 bits per heavy atom. The first-order chi connectivity index (χ1) is 4.93. The Labute approximate surface area is 74.9 Å². The minimum absolute atomic E-state index is 0.167. The quantitative estimate of drug-likeness (QED) is 0.422. The molecule has 0 aromatic heterocycles. The van der Waals surface area contributed by atoms with Crippen LogP contribution in [0.1, 0.15) is 20.8 Å². The van der Waals surface area contributed by atoms with Crippen molar-refractivity contribution in [1.29, 1.82) is 0 Å². The van der Waals surface area contributed by atoms with E-state index in [4.69, 9.17) is 11.1 Å². The first kappa shape index (κ1) is 8.94. The molecule has 1 aliphatic rings. The zero-order valence-corrected chi connectivity index (χ0v) is 9.42. The van der Waals surface area contributed by atoms with Crippen LogP contribution in [0.5, 0.6) is 0 Å². The van der Waals surface area contributed by atoms with Gasteiger partial charge >= 0.3 is 8.43 Å². The van der Waals surface area contributed by atoms with Crippen LogP contribution in [0.2, 0.25) is 0 Å². The molecule has 0 aromatic carbocycles. The first-order valence-corrected chi connectivity index (χ1v) is 6.53. The van der Waals surface area contributed by atoms with Crippen LogP contribution in [-0.2, 0) is 0 Å². The fourth-order valence-corrected chi connectivity index (χ4v) is 3.80. The highest BCUT2D eigenvalue weighted by atomic mass is 35.6. The van der Waals surface area contributed by atoms with Gasteiger partial charge in [-0.25, -0.2) is 0 Å². The number of rotatable bonds is 0. The van der Waals surface area contributed by atoms with E-state index in [9.17, 15) is 0 Å². The van der Waals surface area contributed by atoms with Gasteiger partial charge in [0.2, 0.25) is 0 Å². The number of halogens is 1. The van der Waals surface area contributed by atoms with Crippen LogP contribution in [0.4, 0.5) is 0 Å². The third-order valence-electron chi connectivity index (χ3n) is 1.80. The van der Waals surface area contributed by atoms with Crippen molar-refractivity contribution >= 4 is 19.5 Å². The normalized spacial score (nSPS) is 25.0. The van der Waals surface area contributed by atoms with Crippen LogP contribution >= 0.6 is 11.1 Å². The second-order valence-electron chi connectivity index (χ2n) is 3.85. The standard InChI is InChI=1S/C7H15ClN2Si/c1-7(2,3)10-6-5-9(4)11(10)8/h5-6,11H,1-4H3. The maximum Gasteiger partial charge on any atom is 0.348 e. The lowest BCUT2D eigenvalue weighted by Gasteiger charge is -2.35. The summed E-state index contributed by atoms with van der Waals surface area (Å²) < 4.78 is 4.38. The average Bonchev–Trinajstić information content (AvgIpc) is 2.11. The SMILES string of the molecule is CN1C=CN(C(C)(C)C)[SiH]1Cl. The molecule has 0 bridgehead atoms. The van der Waals surface area contributed by atoms with E-state index in [2.05, 4.69) is 42.3 Å². The van der Waals surface area contributed by atoms with Gasteiger partial charge in [0.25, 0.3) is 0 Å². The van der Waals surface area contributed by atoms with Crippen molar-refractivity contribution in [3.05, 3.63) is 12.4 Å². The summed E-state index contributed by atoms with van der Waals surface area (Å²) in [5, 5.41) is 0. The zero-order chi connectivity index (χ0) is 8.65. The van der Waals surface area contributed by atoms with E-state index in [1.807, 2.05) is 7.05 Å². The molecule has 1 heterocycles. The molecule has 4 heteroatoms. The summed E-state index contributed by atoms with van der Waals surface area (Å²) in [6, 6.07) is 0. The van der Waals surface area contributed by atoms with E-state index in [1.165, 1.54) is 0 Å². The van der Waals surface area contributed by atoms with Crippen LogP contribution in [-0.4, -0.2) is 30.1 Å². The number of hydrogen-bond acceptors (Lipinski definition) is 2. The maximum atomic E-state index is 6.24. The third-order valence-corrected chi connectivity index (χ3v) is 5.61. The molecule has 0 saturated carbocycles. The highest BCUT2D eigenvalue weighted by molar-refractivity contribution is 7.04. The van der Waals surface area contributed by atoms with Crippen molar-refractivity contribution in [2.45, 2.75) is 26.3 Å². The van der Waals surface area contributed by atoms with Crippen molar-refractivity contribution < 1.29 is 0 Å². The largest absolute Gasteiger partial charge is 0.379 e. The Bertz CT molecular complexity index is 176. The minimum atomic E-state index is -1.36. The van der Waals surface area contributed by atoms with Crippen LogP contribution in [0.15, 0.2) is 12.4 Å². The van der Waals surface area contributed by atoms with Gasteiger partial charge in [-0.3, -0.25) is 0 Å². The molecular formula is C7H15ClN2Si.